The summed E-state index contributed by atoms with van der Waals surface area (Å²) in [6.07, 6.45) is 1.04. The fourth-order valence-corrected chi connectivity index (χ4v) is 3.21. The topological polar surface area (TPSA) is 62.9 Å². The number of para-hydroxylation sites is 1. The summed E-state index contributed by atoms with van der Waals surface area (Å²) >= 11 is 0. The molecule has 0 radical (unpaired) electrons. The van der Waals surface area contributed by atoms with E-state index in [-0.39, 0.29) is 6.04 Å². The van der Waals surface area contributed by atoms with E-state index in [4.69, 9.17) is 0 Å². The quantitative estimate of drug-likeness (QED) is 0.630. The molecule has 0 aliphatic carbocycles. The summed E-state index contributed by atoms with van der Waals surface area (Å²) in [5.74, 6) is 0. The number of aromatic amines is 1. The second-order valence-corrected chi connectivity index (χ2v) is 5.42. The maximum Gasteiger partial charge on any atom is 0.0732 e. The molecule has 1 aliphatic rings. The van der Waals surface area contributed by atoms with Gasteiger partial charge in [0.2, 0.25) is 0 Å². The van der Waals surface area contributed by atoms with Crippen molar-refractivity contribution in [2.45, 2.75) is 12.5 Å². The molecular formula is C17H16N3O-. The Hall–Kier alpha value is -2.30. The van der Waals surface area contributed by atoms with Crippen LogP contribution in [-0.2, 0) is 6.42 Å². The van der Waals surface area contributed by atoms with E-state index in [1.807, 2.05) is 29.7 Å². The minimum absolute atomic E-state index is 0.154. The Bertz CT molecular complexity index is 776. The highest BCUT2D eigenvalue weighted by Crippen LogP contribution is 2.33. The Morgan fingerprint density at radius 3 is 2.67 bits per heavy atom. The average molecular weight is 278 g/mol. The average Bonchev–Trinajstić information content (AvgIpc) is 2.94. The van der Waals surface area contributed by atoms with E-state index in [1.54, 1.807) is 0 Å². The third-order valence-corrected chi connectivity index (χ3v) is 4.22. The largest absolute Gasteiger partial charge is 0.761 e. The zero-order valence-corrected chi connectivity index (χ0v) is 11.5. The number of hydrogen-bond acceptors (Lipinski definition) is 3. The molecule has 3 aromatic rings. The normalized spacial score (nSPS) is 17.7. The van der Waals surface area contributed by atoms with Crippen LogP contribution in [0.1, 0.15) is 22.9 Å². The first-order chi connectivity index (χ1) is 10.4. The Morgan fingerprint density at radius 2 is 1.86 bits per heavy atom. The lowest BCUT2D eigenvalue weighted by Crippen LogP contribution is -2.30. The molecule has 2 heterocycles. The van der Waals surface area contributed by atoms with Crippen LogP contribution >= 0.6 is 0 Å². The van der Waals surface area contributed by atoms with E-state index in [0.717, 1.165) is 13.0 Å². The van der Waals surface area contributed by atoms with Gasteiger partial charge in [-0.3, -0.25) is 0 Å². The van der Waals surface area contributed by atoms with Crippen LogP contribution in [0.2, 0.25) is 0 Å². The Morgan fingerprint density at radius 1 is 1.05 bits per heavy atom. The number of anilines is 1. The van der Waals surface area contributed by atoms with Crippen molar-refractivity contribution in [1.82, 2.24) is 10.3 Å². The van der Waals surface area contributed by atoms with Crippen molar-refractivity contribution in [1.29, 1.82) is 0 Å². The summed E-state index contributed by atoms with van der Waals surface area (Å²) in [6, 6.07) is 16.2. The third-order valence-electron chi connectivity index (χ3n) is 4.22. The number of benzene rings is 2. The minimum Gasteiger partial charge on any atom is -0.761 e. The van der Waals surface area contributed by atoms with Gasteiger partial charge >= 0.3 is 0 Å². The number of H-pyrrole nitrogens is 1. The molecule has 4 nitrogen and oxygen atoms in total. The molecule has 3 N–H and O–H groups in total. The van der Waals surface area contributed by atoms with Gasteiger partial charge in [0.15, 0.2) is 0 Å². The zero-order valence-electron chi connectivity index (χ0n) is 11.5. The molecule has 0 amide bonds. The molecule has 0 saturated heterocycles. The molecule has 0 bridgehead atoms. The van der Waals surface area contributed by atoms with Crippen LogP contribution in [0.3, 0.4) is 0 Å². The van der Waals surface area contributed by atoms with Crippen LogP contribution in [0.4, 0.5) is 5.69 Å². The first-order valence-electron chi connectivity index (χ1n) is 7.18. The standard InChI is InChI=1S/C17H16N3O/c21-20-12-7-5-11(6-8-12)16-17-14(9-10-18-16)13-3-1-2-4-15(13)19-17/h1-8,16,18-20H,9-10H2/q-1. The molecule has 1 atom stereocenters. The van der Waals surface area contributed by atoms with Crippen molar-refractivity contribution in [2.24, 2.45) is 0 Å². The van der Waals surface area contributed by atoms with Crippen molar-refractivity contribution >= 4 is 16.6 Å². The van der Waals surface area contributed by atoms with E-state index in [9.17, 15) is 5.21 Å². The van der Waals surface area contributed by atoms with Gasteiger partial charge in [-0.2, -0.15) is 0 Å². The van der Waals surface area contributed by atoms with E-state index in [0.29, 0.717) is 5.69 Å². The summed E-state index contributed by atoms with van der Waals surface area (Å²) in [5, 5.41) is 15.5. The third kappa shape index (κ3) is 2.00. The van der Waals surface area contributed by atoms with Gasteiger partial charge < -0.3 is 21.0 Å². The highest BCUT2D eigenvalue weighted by molar-refractivity contribution is 5.85. The number of hydrogen-bond donors (Lipinski definition) is 3. The maximum absolute atomic E-state index is 10.7. The van der Waals surface area contributed by atoms with Gasteiger partial charge in [0.25, 0.3) is 0 Å². The lowest BCUT2D eigenvalue weighted by molar-refractivity contribution is 0.560. The van der Waals surface area contributed by atoms with E-state index in [2.05, 4.69) is 34.6 Å². The highest BCUT2D eigenvalue weighted by atomic mass is 16.5. The molecule has 106 valence electrons. The summed E-state index contributed by atoms with van der Waals surface area (Å²) < 4.78 is 0. The van der Waals surface area contributed by atoms with E-state index >= 15 is 0 Å². The fourth-order valence-electron chi connectivity index (χ4n) is 3.21. The Balaban J connectivity index is 1.82. The predicted molar refractivity (Wildman–Crippen MR) is 85.3 cm³/mol. The second kappa shape index (κ2) is 4.91. The molecule has 0 fully saturated rings. The van der Waals surface area contributed by atoms with Gasteiger partial charge in [0.05, 0.1) is 6.04 Å². The zero-order chi connectivity index (χ0) is 14.2. The van der Waals surface area contributed by atoms with Crippen LogP contribution in [0.25, 0.3) is 10.9 Å². The number of rotatable bonds is 2. The van der Waals surface area contributed by atoms with Gasteiger partial charge in [-0.05, 0) is 35.7 Å². The summed E-state index contributed by atoms with van der Waals surface area (Å²) in [6.45, 7) is 0.959. The van der Waals surface area contributed by atoms with Crippen LogP contribution in [0.5, 0.6) is 0 Å². The van der Waals surface area contributed by atoms with E-state index < -0.39 is 0 Å². The van der Waals surface area contributed by atoms with Crippen molar-refractivity contribution in [3.05, 3.63) is 70.6 Å². The Kier molecular flexibility index (Phi) is 2.91. The summed E-state index contributed by atoms with van der Waals surface area (Å²) in [4.78, 5) is 3.55. The van der Waals surface area contributed by atoms with Crippen LogP contribution in [0, 0.1) is 5.21 Å². The molecule has 1 aliphatic heterocycles. The lowest BCUT2D eigenvalue weighted by Gasteiger charge is -2.25. The highest BCUT2D eigenvalue weighted by Gasteiger charge is 2.24. The van der Waals surface area contributed by atoms with Crippen molar-refractivity contribution in [3.8, 4) is 0 Å². The minimum atomic E-state index is 0.154. The molecule has 4 heteroatoms. The molecule has 0 saturated carbocycles. The predicted octanol–water partition coefficient (Wildman–Crippen LogP) is 3.31. The molecule has 1 aromatic heterocycles. The monoisotopic (exact) mass is 278 g/mol. The summed E-state index contributed by atoms with van der Waals surface area (Å²) in [7, 11) is 0. The van der Waals surface area contributed by atoms with Gasteiger partial charge in [0, 0.05) is 28.8 Å². The maximum atomic E-state index is 10.7. The molecule has 21 heavy (non-hydrogen) atoms. The van der Waals surface area contributed by atoms with Crippen LogP contribution in [0.15, 0.2) is 48.5 Å². The molecule has 1 unspecified atom stereocenters. The summed E-state index contributed by atoms with van der Waals surface area (Å²) in [5.41, 5.74) is 7.51. The van der Waals surface area contributed by atoms with Gasteiger partial charge in [-0.1, -0.05) is 30.3 Å². The number of fused-ring (bicyclic) bond motifs is 3. The van der Waals surface area contributed by atoms with Gasteiger partial charge in [-0.15, -0.1) is 0 Å². The molecular weight excluding hydrogens is 262 g/mol. The SMILES string of the molecule is [O-]Nc1ccc(C2NCCc3c2[nH]c2ccccc32)cc1. The lowest BCUT2D eigenvalue weighted by atomic mass is 9.94. The van der Waals surface area contributed by atoms with Crippen molar-refractivity contribution in [3.63, 3.8) is 0 Å². The van der Waals surface area contributed by atoms with Gasteiger partial charge in [0.1, 0.15) is 0 Å². The van der Waals surface area contributed by atoms with E-state index in [1.165, 1.54) is 27.7 Å². The molecule has 2 aromatic carbocycles. The first kappa shape index (κ1) is 12.4. The first-order valence-corrected chi connectivity index (χ1v) is 7.18. The van der Waals surface area contributed by atoms with Crippen LogP contribution in [-0.4, -0.2) is 11.5 Å². The number of nitrogens with one attached hydrogen (secondary N) is 3. The second-order valence-electron chi connectivity index (χ2n) is 5.42. The fraction of sp³-hybridized carbons (Fsp3) is 0.176. The molecule has 0 spiro atoms. The molecule has 4 rings (SSSR count). The van der Waals surface area contributed by atoms with Crippen molar-refractivity contribution < 1.29 is 0 Å². The smallest absolute Gasteiger partial charge is 0.0732 e. The van der Waals surface area contributed by atoms with Crippen molar-refractivity contribution in [2.75, 3.05) is 12.0 Å². The van der Waals surface area contributed by atoms with Crippen LogP contribution < -0.4 is 10.8 Å². The Labute approximate surface area is 122 Å². The van der Waals surface area contributed by atoms with Gasteiger partial charge in [-0.25, -0.2) is 0 Å². The number of aromatic nitrogens is 1.